The topological polar surface area (TPSA) is 29.5 Å². The third kappa shape index (κ3) is 3.49. The molecule has 0 saturated carbocycles. The van der Waals surface area contributed by atoms with Gasteiger partial charge in [0.25, 0.3) is 5.91 Å². The Morgan fingerprint density at radius 3 is 2.74 bits per heavy atom. The Hall–Kier alpha value is -1.51. The predicted octanol–water partition coefficient (Wildman–Crippen LogP) is 3.25. The quantitative estimate of drug-likeness (QED) is 0.832. The lowest BCUT2D eigenvalue weighted by molar-refractivity contribution is -0.142. The van der Waals surface area contributed by atoms with Crippen LogP contribution in [-0.4, -0.2) is 29.5 Å². The van der Waals surface area contributed by atoms with Crippen LogP contribution in [0.3, 0.4) is 0 Å². The number of likely N-dealkylation sites (tertiary alicyclic amines) is 1. The molecule has 2 rings (SSSR count). The van der Waals surface area contributed by atoms with Gasteiger partial charge in [-0.05, 0) is 44.7 Å². The van der Waals surface area contributed by atoms with Gasteiger partial charge in [-0.15, -0.1) is 0 Å². The zero-order valence-corrected chi connectivity index (χ0v) is 11.8. The van der Waals surface area contributed by atoms with Crippen LogP contribution in [-0.2, 0) is 4.79 Å². The van der Waals surface area contributed by atoms with E-state index in [4.69, 9.17) is 4.74 Å². The molecule has 3 nitrogen and oxygen atoms in total. The fourth-order valence-corrected chi connectivity index (χ4v) is 2.58. The van der Waals surface area contributed by atoms with Crippen molar-refractivity contribution in [3.63, 3.8) is 0 Å². The maximum atomic E-state index is 12.5. The minimum absolute atomic E-state index is 0.138. The normalized spacial score (nSPS) is 20.9. The van der Waals surface area contributed by atoms with Gasteiger partial charge in [0.05, 0.1) is 0 Å². The third-order valence-corrected chi connectivity index (χ3v) is 3.75. The fraction of sp³-hybridized carbons (Fsp3) is 0.562. The van der Waals surface area contributed by atoms with Crippen LogP contribution in [0.5, 0.6) is 5.75 Å². The first-order chi connectivity index (χ1) is 9.22. The largest absolute Gasteiger partial charge is 0.481 e. The monoisotopic (exact) mass is 261 g/mol. The second-order valence-electron chi connectivity index (χ2n) is 5.20. The number of piperidine rings is 1. The molecule has 0 N–H and O–H groups in total. The van der Waals surface area contributed by atoms with Crippen LogP contribution in [0.1, 0.15) is 39.5 Å². The number of carbonyl (C=O) groups is 1. The smallest absolute Gasteiger partial charge is 0.263 e. The molecule has 0 spiro atoms. The number of amides is 1. The first kappa shape index (κ1) is 13.9. The highest BCUT2D eigenvalue weighted by atomic mass is 16.5. The van der Waals surface area contributed by atoms with Crippen LogP contribution in [0.4, 0.5) is 0 Å². The minimum atomic E-state index is -0.358. The van der Waals surface area contributed by atoms with Crippen LogP contribution in [0, 0.1) is 0 Å². The van der Waals surface area contributed by atoms with E-state index < -0.39 is 0 Å². The summed E-state index contributed by atoms with van der Waals surface area (Å²) in [7, 11) is 0. The fourth-order valence-electron chi connectivity index (χ4n) is 2.58. The molecule has 0 unspecified atom stereocenters. The number of carbonyl (C=O) groups excluding carboxylic acids is 1. The van der Waals surface area contributed by atoms with Gasteiger partial charge in [0.15, 0.2) is 6.10 Å². The lowest BCUT2D eigenvalue weighted by Gasteiger charge is -2.35. The molecule has 0 bridgehead atoms. The molecule has 2 atom stereocenters. The van der Waals surface area contributed by atoms with E-state index >= 15 is 0 Å². The van der Waals surface area contributed by atoms with Crippen LogP contribution in [0.15, 0.2) is 30.3 Å². The molecule has 3 heteroatoms. The highest BCUT2D eigenvalue weighted by molar-refractivity contribution is 5.81. The maximum absolute atomic E-state index is 12.5. The van der Waals surface area contributed by atoms with E-state index in [1.807, 2.05) is 42.2 Å². The number of nitrogens with zero attached hydrogens (tertiary/aromatic N) is 1. The molecule has 1 fully saturated rings. The SMILES string of the molecule is CC[C@@H](Oc1ccccc1)C(=O)N1CCCC[C@@H]1C. The molecule has 0 radical (unpaired) electrons. The second kappa shape index (κ2) is 6.60. The molecule has 104 valence electrons. The Balaban J connectivity index is 2.02. The molecule has 1 heterocycles. The van der Waals surface area contributed by atoms with Gasteiger partial charge in [-0.3, -0.25) is 4.79 Å². The molecule has 1 aromatic rings. The van der Waals surface area contributed by atoms with Gasteiger partial charge in [0.2, 0.25) is 0 Å². The van der Waals surface area contributed by atoms with E-state index in [-0.39, 0.29) is 12.0 Å². The number of hydrogen-bond acceptors (Lipinski definition) is 2. The van der Waals surface area contributed by atoms with Crippen molar-refractivity contribution < 1.29 is 9.53 Å². The van der Waals surface area contributed by atoms with Gasteiger partial charge in [0, 0.05) is 12.6 Å². The summed E-state index contributed by atoms with van der Waals surface area (Å²) < 4.78 is 5.84. The summed E-state index contributed by atoms with van der Waals surface area (Å²) in [5, 5.41) is 0. The molecule has 0 aliphatic carbocycles. The van der Waals surface area contributed by atoms with E-state index in [0.29, 0.717) is 12.5 Å². The van der Waals surface area contributed by atoms with Gasteiger partial charge < -0.3 is 9.64 Å². The van der Waals surface area contributed by atoms with Crippen LogP contribution in [0.2, 0.25) is 0 Å². The molecule has 1 aliphatic heterocycles. The molecule has 1 aliphatic rings. The summed E-state index contributed by atoms with van der Waals surface area (Å²) in [6.45, 7) is 5.00. The Morgan fingerprint density at radius 1 is 1.37 bits per heavy atom. The third-order valence-electron chi connectivity index (χ3n) is 3.75. The summed E-state index contributed by atoms with van der Waals surface area (Å²) >= 11 is 0. The number of rotatable bonds is 4. The highest BCUT2D eigenvalue weighted by Gasteiger charge is 2.29. The molecular weight excluding hydrogens is 238 g/mol. The summed E-state index contributed by atoms with van der Waals surface area (Å²) in [4.78, 5) is 14.5. The molecular formula is C16H23NO2. The average molecular weight is 261 g/mol. The van der Waals surface area contributed by atoms with E-state index in [9.17, 15) is 4.79 Å². The lowest BCUT2D eigenvalue weighted by atomic mass is 10.0. The summed E-state index contributed by atoms with van der Waals surface area (Å²) in [5.41, 5.74) is 0. The van der Waals surface area contributed by atoms with Crippen molar-refractivity contribution in [3.05, 3.63) is 30.3 Å². The first-order valence-electron chi connectivity index (χ1n) is 7.24. The summed E-state index contributed by atoms with van der Waals surface area (Å²) in [5.74, 6) is 0.908. The molecule has 1 saturated heterocycles. The Labute approximate surface area is 115 Å². The van der Waals surface area contributed by atoms with E-state index in [1.54, 1.807) is 0 Å². The lowest BCUT2D eigenvalue weighted by Crippen LogP contribution is -2.48. The average Bonchev–Trinajstić information content (AvgIpc) is 2.46. The van der Waals surface area contributed by atoms with Crippen LogP contribution >= 0.6 is 0 Å². The molecule has 19 heavy (non-hydrogen) atoms. The van der Waals surface area contributed by atoms with Gasteiger partial charge in [-0.2, -0.15) is 0 Å². The van der Waals surface area contributed by atoms with Gasteiger partial charge in [-0.1, -0.05) is 25.1 Å². The standard InChI is InChI=1S/C16H23NO2/c1-3-15(19-14-10-5-4-6-11-14)16(18)17-12-8-7-9-13(17)2/h4-6,10-11,13,15H,3,7-9,12H2,1-2H3/t13-,15+/m0/s1. The zero-order chi connectivity index (χ0) is 13.7. The summed E-state index contributed by atoms with van der Waals surface area (Å²) in [6.07, 6.45) is 3.78. The Morgan fingerprint density at radius 2 is 2.11 bits per heavy atom. The van der Waals surface area contributed by atoms with E-state index in [2.05, 4.69) is 6.92 Å². The van der Waals surface area contributed by atoms with Gasteiger partial charge >= 0.3 is 0 Å². The van der Waals surface area contributed by atoms with Crippen molar-refractivity contribution in [2.75, 3.05) is 6.54 Å². The van der Waals surface area contributed by atoms with Gasteiger partial charge in [-0.25, -0.2) is 0 Å². The van der Waals surface area contributed by atoms with Crippen molar-refractivity contribution >= 4 is 5.91 Å². The van der Waals surface area contributed by atoms with Crippen molar-refractivity contribution in [3.8, 4) is 5.75 Å². The number of hydrogen-bond donors (Lipinski definition) is 0. The van der Waals surface area contributed by atoms with Crippen LogP contribution in [0.25, 0.3) is 0 Å². The Kier molecular flexibility index (Phi) is 4.83. The van der Waals surface area contributed by atoms with Crippen LogP contribution < -0.4 is 4.74 Å². The first-order valence-corrected chi connectivity index (χ1v) is 7.24. The number of ether oxygens (including phenoxy) is 1. The molecule has 1 amide bonds. The summed E-state index contributed by atoms with van der Waals surface area (Å²) in [6, 6.07) is 9.94. The zero-order valence-electron chi connectivity index (χ0n) is 11.8. The number of benzene rings is 1. The van der Waals surface area contributed by atoms with E-state index in [0.717, 1.165) is 25.1 Å². The van der Waals surface area contributed by atoms with Crippen molar-refractivity contribution in [1.82, 2.24) is 4.90 Å². The number of para-hydroxylation sites is 1. The predicted molar refractivity (Wildman–Crippen MR) is 76.2 cm³/mol. The molecule has 0 aromatic heterocycles. The van der Waals surface area contributed by atoms with Crippen molar-refractivity contribution in [2.45, 2.75) is 51.7 Å². The van der Waals surface area contributed by atoms with Crippen molar-refractivity contribution in [2.24, 2.45) is 0 Å². The second-order valence-corrected chi connectivity index (χ2v) is 5.20. The van der Waals surface area contributed by atoms with E-state index in [1.165, 1.54) is 6.42 Å². The maximum Gasteiger partial charge on any atom is 0.263 e. The van der Waals surface area contributed by atoms with Gasteiger partial charge in [0.1, 0.15) is 5.75 Å². The van der Waals surface area contributed by atoms with Crippen molar-refractivity contribution in [1.29, 1.82) is 0 Å². The minimum Gasteiger partial charge on any atom is -0.481 e. The molecule has 1 aromatic carbocycles. The highest BCUT2D eigenvalue weighted by Crippen LogP contribution is 2.20. The Bertz CT molecular complexity index is 404.